The third kappa shape index (κ3) is 3.47. The summed E-state index contributed by atoms with van der Waals surface area (Å²) in [5.41, 5.74) is 1.41. The minimum Gasteiger partial charge on any atom is -0.493 e. The van der Waals surface area contributed by atoms with E-state index in [4.69, 9.17) is 14.2 Å². The zero-order valence-electron chi connectivity index (χ0n) is 14.6. The Hall–Kier alpha value is -2.89. The van der Waals surface area contributed by atoms with Crippen molar-refractivity contribution in [2.24, 2.45) is 0 Å². The van der Waals surface area contributed by atoms with Crippen LogP contribution in [-0.4, -0.2) is 32.9 Å². The zero-order valence-corrected chi connectivity index (χ0v) is 14.6. The lowest BCUT2D eigenvalue weighted by Gasteiger charge is -2.34. The van der Waals surface area contributed by atoms with Gasteiger partial charge in [-0.1, -0.05) is 19.1 Å². The molecule has 0 aliphatic carbocycles. The van der Waals surface area contributed by atoms with Crippen molar-refractivity contribution in [2.75, 3.05) is 31.0 Å². The van der Waals surface area contributed by atoms with Gasteiger partial charge in [0.05, 0.1) is 26.5 Å². The van der Waals surface area contributed by atoms with Crippen LogP contribution in [0.3, 0.4) is 0 Å². The largest absolute Gasteiger partial charge is 0.493 e. The summed E-state index contributed by atoms with van der Waals surface area (Å²) in [7, 11) is 3.14. The molecule has 6 heteroatoms. The lowest BCUT2D eigenvalue weighted by Crippen LogP contribution is -2.45. The Kier molecular flexibility index (Phi) is 4.97. The standard InChI is InChI=1S/C19H22N2O4/c1-4-14-12-21(15-7-5-6-8-16(15)25-14)19(22)20-13-9-10-17(23-2)18(11-13)24-3/h5-11,14H,4,12H2,1-3H3,(H,20,22). The zero-order chi connectivity index (χ0) is 17.8. The molecule has 1 aliphatic rings. The number of urea groups is 1. The first kappa shape index (κ1) is 17.0. The lowest BCUT2D eigenvalue weighted by molar-refractivity contribution is 0.188. The summed E-state index contributed by atoms with van der Waals surface area (Å²) in [6, 6.07) is 12.6. The quantitative estimate of drug-likeness (QED) is 0.915. The second-order valence-corrected chi connectivity index (χ2v) is 5.73. The van der Waals surface area contributed by atoms with Gasteiger partial charge in [0.15, 0.2) is 11.5 Å². The molecule has 1 aliphatic heterocycles. The lowest BCUT2D eigenvalue weighted by atomic mass is 10.1. The minimum atomic E-state index is -0.207. The SMILES string of the molecule is CCC1CN(C(=O)Nc2ccc(OC)c(OC)c2)c2ccccc2O1. The third-order valence-corrected chi connectivity index (χ3v) is 4.17. The average molecular weight is 342 g/mol. The number of hydrogen-bond donors (Lipinski definition) is 1. The summed E-state index contributed by atoms with van der Waals surface area (Å²) >= 11 is 0. The van der Waals surface area contributed by atoms with E-state index in [9.17, 15) is 4.79 Å². The Morgan fingerprint density at radius 1 is 1.20 bits per heavy atom. The molecule has 0 spiro atoms. The molecule has 0 radical (unpaired) electrons. The first-order chi connectivity index (χ1) is 12.2. The van der Waals surface area contributed by atoms with Gasteiger partial charge in [0.25, 0.3) is 0 Å². The molecule has 25 heavy (non-hydrogen) atoms. The van der Waals surface area contributed by atoms with Crippen LogP contribution in [0.25, 0.3) is 0 Å². The molecule has 2 amide bonds. The van der Waals surface area contributed by atoms with Crippen molar-refractivity contribution in [1.82, 2.24) is 0 Å². The van der Waals surface area contributed by atoms with Gasteiger partial charge in [0.1, 0.15) is 11.9 Å². The number of nitrogens with zero attached hydrogens (tertiary/aromatic N) is 1. The number of rotatable bonds is 4. The van der Waals surface area contributed by atoms with Gasteiger partial charge in [0.2, 0.25) is 0 Å². The van der Waals surface area contributed by atoms with Crippen molar-refractivity contribution in [3.63, 3.8) is 0 Å². The number of para-hydroxylation sites is 2. The number of amides is 2. The van der Waals surface area contributed by atoms with E-state index in [0.717, 1.165) is 17.9 Å². The maximum Gasteiger partial charge on any atom is 0.326 e. The fraction of sp³-hybridized carbons (Fsp3) is 0.316. The maximum absolute atomic E-state index is 12.8. The predicted octanol–water partition coefficient (Wildman–Crippen LogP) is 3.91. The van der Waals surface area contributed by atoms with Crippen molar-refractivity contribution in [1.29, 1.82) is 0 Å². The molecule has 6 nitrogen and oxygen atoms in total. The summed E-state index contributed by atoms with van der Waals surface area (Å²) < 4.78 is 16.4. The highest BCUT2D eigenvalue weighted by atomic mass is 16.5. The van der Waals surface area contributed by atoms with Crippen LogP contribution in [-0.2, 0) is 0 Å². The highest BCUT2D eigenvalue weighted by Crippen LogP contribution is 2.35. The summed E-state index contributed by atoms with van der Waals surface area (Å²) in [6.07, 6.45) is 0.806. The van der Waals surface area contributed by atoms with Gasteiger partial charge in [-0.2, -0.15) is 0 Å². The average Bonchev–Trinajstić information content (AvgIpc) is 2.66. The van der Waals surface area contributed by atoms with Gasteiger partial charge in [-0.05, 0) is 30.7 Å². The molecule has 2 aromatic carbocycles. The summed E-state index contributed by atoms with van der Waals surface area (Å²) in [4.78, 5) is 14.5. The molecule has 2 aromatic rings. The molecule has 0 fully saturated rings. The molecule has 1 N–H and O–H groups in total. The van der Waals surface area contributed by atoms with Crippen LogP contribution in [0, 0.1) is 0 Å². The van der Waals surface area contributed by atoms with E-state index in [1.807, 2.05) is 31.2 Å². The minimum absolute atomic E-state index is 0.0222. The molecular weight excluding hydrogens is 320 g/mol. The topological polar surface area (TPSA) is 60.0 Å². The molecule has 0 saturated heterocycles. The molecule has 0 aromatic heterocycles. The van der Waals surface area contributed by atoms with Crippen LogP contribution in [0.1, 0.15) is 13.3 Å². The van der Waals surface area contributed by atoms with Crippen molar-refractivity contribution in [3.8, 4) is 17.2 Å². The summed E-state index contributed by atoms with van der Waals surface area (Å²) in [5, 5.41) is 2.92. The number of carbonyl (C=O) groups is 1. The van der Waals surface area contributed by atoms with Crippen molar-refractivity contribution >= 4 is 17.4 Å². The molecule has 0 bridgehead atoms. The molecule has 1 heterocycles. The van der Waals surface area contributed by atoms with E-state index in [-0.39, 0.29) is 12.1 Å². The molecule has 3 rings (SSSR count). The van der Waals surface area contributed by atoms with E-state index in [1.54, 1.807) is 37.3 Å². The molecular formula is C19H22N2O4. The number of benzene rings is 2. The van der Waals surface area contributed by atoms with E-state index in [0.29, 0.717) is 23.7 Å². The molecule has 0 saturated carbocycles. The number of methoxy groups -OCH3 is 2. The normalized spacial score (nSPS) is 15.8. The number of nitrogens with one attached hydrogen (secondary N) is 1. The van der Waals surface area contributed by atoms with Crippen LogP contribution in [0.4, 0.5) is 16.2 Å². The Morgan fingerprint density at radius 2 is 1.96 bits per heavy atom. The highest BCUT2D eigenvalue weighted by molar-refractivity contribution is 6.03. The molecule has 132 valence electrons. The van der Waals surface area contributed by atoms with Gasteiger partial charge in [-0.3, -0.25) is 4.90 Å². The van der Waals surface area contributed by atoms with Crippen molar-refractivity contribution in [2.45, 2.75) is 19.4 Å². The first-order valence-corrected chi connectivity index (χ1v) is 8.22. The maximum atomic E-state index is 12.8. The van der Waals surface area contributed by atoms with Gasteiger partial charge in [-0.15, -0.1) is 0 Å². The van der Waals surface area contributed by atoms with Gasteiger partial charge >= 0.3 is 6.03 Å². The fourth-order valence-electron chi connectivity index (χ4n) is 2.81. The number of anilines is 2. The fourth-order valence-corrected chi connectivity index (χ4v) is 2.81. The monoisotopic (exact) mass is 342 g/mol. The first-order valence-electron chi connectivity index (χ1n) is 8.22. The number of hydrogen-bond acceptors (Lipinski definition) is 4. The van der Waals surface area contributed by atoms with Crippen LogP contribution >= 0.6 is 0 Å². The van der Waals surface area contributed by atoms with Gasteiger partial charge < -0.3 is 19.5 Å². The van der Waals surface area contributed by atoms with Crippen LogP contribution in [0.5, 0.6) is 17.2 Å². The Labute approximate surface area is 147 Å². The number of ether oxygens (including phenoxy) is 3. The van der Waals surface area contributed by atoms with Gasteiger partial charge in [0, 0.05) is 11.8 Å². The van der Waals surface area contributed by atoms with E-state index < -0.39 is 0 Å². The summed E-state index contributed by atoms with van der Waals surface area (Å²) in [6.45, 7) is 2.55. The Bertz CT molecular complexity index is 763. The van der Waals surface area contributed by atoms with Crippen LogP contribution < -0.4 is 24.4 Å². The second-order valence-electron chi connectivity index (χ2n) is 5.73. The van der Waals surface area contributed by atoms with E-state index in [1.165, 1.54) is 0 Å². The number of carbonyl (C=O) groups excluding carboxylic acids is 1. The molecule has 1 unspecified atom stereocenters. The number of fused-ring (bicyclic) bond motifs is 1. The second kappa shape index (κ2) is 7.34. The van der Waals surface area contributed by atoms with Crippen LogP contribution in [0.2, 0.25) is 0 Å². The smallest absolute Gasteiger partial charge is 0.326 e. The van der Waals surface area contributed by atoms with Crippen LogP contribution in [0.15, 0.2) is 42.5 Å². The molecule has 1 atom stereocenters. The summed E-state index contributed by atoms with van der Waals surface area (Å²) in [5.74, 6) is 1.90. The Balaban J connectivity index is 1.83. The highest BCUT2D eigenvalue weighted by Gasteiger charge is 2.28. The Morgan fingerprint density at radius 3 is 2.68 bits per heavy atom. The van der Waals surface area contributed by atoms with E-state index >= 15 is 0 Å². The van der Waals surface area contributed by atoms with Crippen molar-refractivity contribution < 1.29 is 19.0 Å². The van der Waals surface area contributed by atoms with E-state index in [2.05, 4.69) is 5.32 Å². The third-order valence-electron chi connectivity index (χ3n) is 4.17. The predicted molar refractivity (Wildman–Crippen MR) is 97.1 cm³/mol. The van der Waals surface area contributed by atoms with Gasteiger partial charge in [-0.25, -0.2) is 4.79 Å². The van der Waals surface area contributed by atoms with Crippen molar-refractivity contribution in [3.05, 3.63) is 42.5 Å².